The summed E-state index contributed by atoms with van der Waals surface area (Å²) in [5, 5.41) is 20.8. The Hall–Kier alpha value is -2.54. The monoisotopic (exact) mass is 310 g/mol. The molecule has 4 N–H and O–H groups in total. The summed E-state index contributed by atoms with van der Waals surface area (Å²) in [6, 6.07) is 5.10. The summed E-state index contributed by atoms with van der Waals surface area (Å²) in [6.07, 6.45) is -0.706. The summed E-state index contributed by atoms with van der Waals surface area (Å²) in [6.45, 7) is 0. The van der Waals surface area contributed by atoms with Gasteiger partial charge in [0, 0.05) is 5.39 Å². The highest BCUT2D eigenvalue weighted by Crippen LogP contribution is 2.23. The molecule has 0 saturated heterocycles. The molecule has 0 aliphatic carbocycles. The molecule has 1 unspecified atom stereocenters. The molecule has 1 heterocycles. The van der Waals surface area contributed by atoms with Crippen LogP contribution in [0, 0.1) is 0 Å². The Bertz CT molecular complexity index is 724. The molecule has 2 aromatic rings. The number of hydrogen-bond acceptors (Lipinski definition) is 3. The first-order chi connectivity index (χ1) is 9.88. The normalized spacial score (nSPS) is 12.0. The Labute approximate surface area is 123 Å². The Morgan fingerprint density at radius 3 is 2.57 bits per heavy atom. The van der Waals surface area contributed by atoms with Gasteiger partial charge in [0.25, 0.3) is 5.91 Å². The van der Waals surface area contributed by atoms with Crippen LogP contribution in [0.15, 0.2) is 24.3 Å². The molecule has 0 aliphatic rings. The average molecular weight is 311 g/mol. The van der Waals surface area contributed by atoms with E-state index in [0.29, 0.717) is 15.9 Å². The van der Waals surface area contributed by atoms with Crippen molar-refractivity contribution in [2.75, 3.05) is 0 Å². The number of aromatic nitrogens is 1. The Balaban J connectivity index is 2.23. The van der Waals surface area contributed by atoms with Crippen LogP contribution in [0.25, 0.3) is 10.9 Å². The van der Waals surface area contributed by atoms with Crippen LogP contribution in [-0.2, 0) is 9.59 Å². The van der Waals surface area contributed by atoms with Gasteiger partial charge in [0.05, 0.1) is 17.0 Å². The van der Waals surface area contributed by atoms with Gasteiger partial charge in [-0.15, -0.1) is 0 Å². The van der Waals surface area contributed by atoms with Crippen LogP contribution in [0.4, 0.5) is 0 Å². The van der Waals surface area contributed by atoms with Gasteiger partial charge in [-0.05, 0) is 12.1 Å². The van der Waals surface area contributed by atoms with Gasteiger partial charge in [0.15, 0.2) is 0 Å². The molecule has 0 bridgehead atoms. The van der Waals surface area contributed by atoms with Crippen LogP contribution in [-0.4, -0.2) is 39.1 Å². The zero-order valence-corrected chi connectivity index (χ0v) is 11.3. The molecule has 1 amide bonds. The Morgan fingerprint density at radius 2 is 2.00 bits per heavy atom. The number of nitrogens with one attached hydrogen (secondary N) is 2. The smallest absolute Gasteiger partial charge is 0.326 e. The first kappa shape index (κ1) is 14.9. The minimum atomic E-state index is -1.50. The number of fused-ring (bicyclic) bond motifs is 1. The van der Waals surface area contributed by atoms with Crippen LogP contribution in [0.2, 0.25) is 5.02 Å². The number of aromatic amines is 1. The van der Waals surface area contributed by atoms with E-state index in [4.69, 9.17) is 21.8 Å². The van der Waals surface area contributed by atoms with Crippen molar-refractivity contribution in [2.24, 2.45) is 0 Å². The van der Waals surface area contributed by atoms with Crippen LogP contribution < -0.4 is 5.32 Å². The topological polar surface area (TPSA) is 119 Å². The number of carbonyl (C=O) groups is 3. The standard InChI is InChI=1S/C13H11ClN2O5/c14-7-3-1-2-6-4-8(15-11(6)7)12(19)16-9(13(20)21)5-10(17)18/h1-4,9,15H,5H2,(H,16,19)(H,17,18)(H,20,21). The first-order valence-corrected chi connectivity index (χ1v) is 6.29. The molecule has 7 nitrogen and oxygen atoms in total. The fraction of sp³-hybridized carbons (Fsp3) is 0.154. The van der Waals surface area contributed by atoms with Crippen molar-refractivity contribution in [3.05, 3.63) is 35.0 Å². The maximum atomic E-state index is 12.0. The fourth-order valence-electron chi connectivity index (χ4n) is 1.85. The van der Waals surface area contributed by atoms with E-state index in [0.717, 1.165) is 0 Å². The van der Waals surface area contributed by atoms with Gasteiger partial charge in [-0.25, -0.2) is 4.79 Å². The molecule has 1 atom stereocenters. The minimum absolute atomic E-state index is 0.106. The molecule has 1 aromatic carbocycles. The van der Waals surface area contributed by atoms with Crippen LogP contribution in [0.5, 0.6) is 0 Å². The van der Waals surface area contributed by atoms with Crippen molar-refractivity contribution in [3.63, 3.8) is 0 Å². The molecule has 0 saturated carbocycles. The number of amides is 1. The van der Waals surface area contributed by atoms with Gasteiger partial charge in [0.2, 0.25) is 0 Å². The van der Waals surface area contributed by atoms with E-state index in [9.17, 15) is 14.4 Å². The third-order valence-corrected chi connectivity index (χ3v) is 3.15. The molecule has 0 spiro atoms. The second-order valence-corrected chi connectivity index (χ2v) is 4.76. The Kier molecular flexibility index (Phi) is 4.13. The maximum absolute atomic E-state index is 12.0. The highest BCUT2D eigenvalue weighted by Gasteiger charge is 2.24. The number of benzene rings is 1. The van der Waals surface area contributed by atoms with Gasteiger partial charge in [0.1, 0.15) is 11.7 Å². The third kappa shape index (κ3) is 3.32. The van der Waals surface area contributed by atoms with Crippen LogP contribution in [0.1, 0.15) is 16.9 Å². The SMILES string of the molecule is O=C(O)CC(NC(=O)c1cc2cccc(Cl)c2[nH]1)C(=O)O. The van der Waals surface area contributed by atoms with Crippen LogP contribution >= 0.6 is 11.6 Å². The van der Waals surface area contributed by atoms with Gasteiger partial charge in [-0.1, -0.05) is 23.7 Å². The minimum Gasteiger partial charge on any atom is -0.481 e. The number of H-pyrrole nitrogens is 1. The molecule has 21 heavy (non-hydrogen) atoms. The molecule has 0 fully saturated rings. The molecule has 0 radical (unpaired) electrons. The number of aliphatic carboxylic acids is 2. The number of para-hydroxylation sites is 1. The molecule has 1 aromatic heterocycles. The van der Waals surface area contributed by atoms with E-state index in [1.165, 1.54) is 6.07 Å². The second-order valence-electron chi connectivity index (χ2n) is 4.35. The van der Waals surface area contributed by atoms with E-state index in [-0.39, 0.29) is 5.69 Å². The summed E-state index contributed by atoms with van der Waals surface area (Å²) < 4.78 is 0. The highest BCUT2D eigenvalue weighted by molar-refractivity contribution is 6.35. The van der Waals surface area contributed by atoms with E-state index in [1.807, 2.05) is 0 Å². The molecule has 0 aliphatic heterocycles. The summed E-state index contributed by atoms with van der Waals surface area (Å²) in [5.41, 5.74) is 0.657. The van der Waals surface area contributed by atoms with Gasteiger partial charge in [-0.3, -0.25) is 9.59 Å². The van der Waals surface area contributed by atoms with E-state index >= 15 is 0 Å². The lowest BCUT2D eigenvalue weighted by atomic mass is 10.2. The molecule has 8 heteroatoms. The second kappa shape index (κ2) is 5.84. The number of halogens is 1. The molecular formula is C13H11ClN2O5. The lowest BCUT2D eigenvalue weighted by Gasteiger charge is -2.11. The fourth-order valence-corrected chi connectivity index (χ4v) is 2.08. The van der Waals surface area contributed by atoms with Crippen molar-refractivity contribution in [1.82, 2.24) is 10.3 Å². The van der Waals surface area contributed by atoms with Crippen LogP contribution in [0.3, 0.4) is 0 Å². The number of carboxylic acid groups (broad SMARTS) is 2. The first-order valence-electron chi connectivity index (χ1n) is 5.91. The highest BCUT2D eigenvalue weighted by atomic mass is 35.5. The summed E-state index contributed by atoms with van der Waals surface area (Å²) in [5.74, 6) is -3.45. The van der Waals surface area contributed by atoms with Crippen molar-refractivity contribution in [1.29, 1.82) is 0 Å². The number of hydrogen-bond donors (Lipinski definition) is 4. The van der Waals surface area contributed by atoms with Gasteiger partial charge >= 0.3 is 11.9 Å². The maximum Gasteiger partial charge on any atom is 0.326 e. The summed E-state index contributed by atoms with van der Waals surface area (Å²) in [4.78, 5) is 36.3. The predicted octanol–water partition coefficient (Wildman–Crippen LogP) is 1.48. The van der Waals surface area contributed by atoms with Crippen molar-refractivity contribution in [3.8, 4) is 0 Å². The molecule has 110 valence electrons. The average Bonchev–Trinajstić information content (AvgIpc) is 2.82. The lowest BCUT2D eigenvalue weighted by Crippen LogP contribution is -2.42. The van der Waals surface area contributed by atoms with E-state index < -0.39 is 30.3 Å². The Morgan fingerprint density at radius 1 is 1.29 bits per heavy atom. The number of carboxylic acids is 2. The van der Waals surface area contributed by atoms with Crippen molar-refractivity contribution < 1.29 is 24.6 Å². The summed E-state index contributed by atoms with van der Waals surface area (Å²) in [7, 11) is 0. The zero-order valence-electron chi connectivity index (χ0n) is 10.6. The number of carbonyl (C=O) groups excluding carboxylic acids is 1. The van der Waals surface area contributed by atoms with Crippen molar-refractivity contribution in [2.45, 2.75) is 12.5 Å². The van der Waals surface area contributed by atoms with Gasteiger partial charge in [-0.2, -0.15) is 0 Å². The van der Waals surface area contributed by atoms with E-state index in [2.05, 4.69) is 10.3 Å². The predicted molar refractivity (Wildman–Crippen MR) is 74.5 cm³/mol. The molecule has 2 rings (SSSR count). The lowest BCUT2D eigenvalue weighted by molar-refractivity contribution is -0.145. The third-order valence-electron chi connectivity index (χ3n) is 2.83. The molecular weight excluding hydrogens is 300 g/mol. The van der Waals surface area contributed by atoms with E-state index in [1.54, 1.807) is 18.2 Å². The quantitative estimate of drug-likeness (QED) is 0.667. The van der Waals surface area contributed by atoms with Crippen molar-refractivity contribution >= 4 is 40.3 Å². The largest absolute Gasteiger partial charge is 0.481 e. The zero-order chi connectivity index (χ0) is 15.6. The van der Waals surface area contributed by atoms with Gasteiger partial charge < -0.3 is 20.5 Å². The summed E-state index contributed by atoms with van der Waals surface area (Å²) >= 11 is 5.97. The number of rotatable bonds is 5.